The number of nitrogens with zero attached hydrogens (tertiary/aromatic N) is 1. The number of hydrogen-bond acceptors (Lipinski definition) is 4. The predicted molar refractivity (Wildman–Crippen MR) is 84.4 cm³/mol. The Morgan fingerprint density at radius 1 is 1.24 bits per heavy atom. The lowest BCUT2D eigenvalue weighted by Crippen LogP contribution is -2.32. The standard InChI is InChI=1S/C16H23ClN2O2/c1-19(13-3-2-5-18-6-4-13)11-12-9-14(17)16-15(10-12)20-7-8-21-16/h9-10,13,18H,2-8,11H2,1H3. The van der Waals surface area contributed by atoms with E-state index >= 15 is 0 Å². The molecule has 0 bridgehead atoms. The highest BCUT2D eigenvalue weighted by atomic mass is 35.5. The molecule has 1 N–H and O–H groups in total. The van der Waals surface area contributed by atoms with Crippen LogP contribution in [0.5, 0.6) is 11.5 Å². The predicted octanol–water partition coefficient (Wildman–Crippen LogP) is 2.69. The molecule has 1 fully saturated rings. The van der Waals surface area contributed by atoms with Crippen molar-refractivity contribution in [3.05, 3.63) is 22.7 Å². The highest BCUT2D eigenvalue weighted by Crippen LogP contribution is 2.38. The van der Waals surface area contributed by atoms with E-state index < -0.39 is 0 Å². The minimum absolute atomic E-state index is 0.570. The fraction of sp³-hybridized carbons (Fsp3) is 0.625. The smallest absolute Gasteiger partial charge is 0.179 e. The Bertz CT molecular complexity index is 487. The van der Waals surface area contributed by atoms with E-state index in [1.807, 2.05) is 6.07 Å². The molecule has 0 amide bonds. The molecule has 2 aliphatic heterocycles. The van der Waals surface area contributed by atoms with Gasteiger partial charge in [0.25, 0.3) is 0 Å². The molecule has 0 spiro atoms. The van der Waals surface area contributed by atoms with Crippen molar-refractivity contribution >= 4 is 11.6 Å². The van der Waals surface area contributed by atoms with Crippen LogP contribution in [-0.2, 0) is 6.54 Å². The minimum Gasteiger partial charge on any atom is -0.486 e. The first-order chi connectivity index (χ1) is 10.2. The van der Waals surface area contributed by atoms with Crippen LogP contribution < -0.4 is 14.8 Å². The summed E-state index contributed by atoms with van der Waals surface area (Å²) in [5.41, 5.74) is 1.18. The van der Waals surface area contributed by atoms with Gasteiger partial charge in [0.15, 0.2) is 11.5 Å². The van der Waals surface area contributed by atoms with Gasteiger partial charge in [-0.3, -0.25) is 4.90 Å². The average Bonchev–Trinajstić information content (AvgIpc) is 2.76. The van der Waals surface area contributed by atoms with Gasteiger partial charge in [0.2, 0.25) is 0 Å². The summed E-state index contributed by atoms with van der Waals surface area (Å²) < 4.78 is 11.2. The van der Waals surface area contributed by atoms with Crippen LogP contribution in [-0.4, -0.2) is 44.3 Å². The van der Waals surface area contributed by atoms with Gasteiger partial charge in [-0.2, -0.15) is 0 Å². The van der Waals surface area contributed by atoms with Gasteiger partial charge in [-0.25, -0.2) is 0 Å². The molecule has 0 saturated carbocycles. The molecule has 0 aromatic heterocycles. The maximum Gasteiger partial charge on any atom is 0.179 e. The lowest BCUT2D eigenvalue weighted by molar-refractivity contribution is 0.170. The number of benzene rings is 1. The molecule has 1 unspecified atom stereocenters. The number of ether oxygens (including phenoxy) is 2. The Labute approximate surface area is 131 Å². The Balaban J connectivity index is 1.70. The summed E-state index contributed by atoms with van der Waals surface area (Å²) in [5.74, 6) is 1.47. The summed E-state index contributed by atoms with van der Waals surface area (Å²) in [6.45, 7) is 4.30. The second-order valence-electron chi connectivity index (χ2n) is 5.85. The zero-order valence-electron chi connectivity index (χ0n) is 12.5. The lowest BCUT2D eigenvalue weighted by atomic mass is 10.1. The molecule has 5 heteroatoms. The van der Waals surface area contributed by atoms with E-state index in [1.165, 1.54) is 24.8 Å². The zero-order valence-corrected chi connectivity index (χ0v) is 13.3. The van der Waals surface area contributed by atoms with Gasteiger partial charge in [-0.05, 0) is 57.1 Å². The van der Waals surface area contributed by atoms with E-state index in [1.54, 1.807) is 0 Å². The highest BCUT2D eigenvalue weighted by Gasteiger charge is 2.20. The van der Waals surface area contributed by atoms with Gasteiger partial charge in [0.05, 0.1) is 5.02 Å². The number of hydrogen-bond donors (Lipinski definition) is 1. The quantitative estimate of drug-likeness (QED) is 0.931. The van der Waals surface area contributed by atoms with Crippen LogP contribution in [0.2, 0.25) is 5.02 Å². The first-order valence-electron chi connectivity index (χ1n) is 7.73. The molecule has 116 valence electrons. The van der Waals surface area contributed by atoms with Crippen LogP contribution in [0.4, 0.5) is 0 Å². The molecule has 1 aromatic rings. The van der Waals surface area contributed by atoms with E-state index in [-0.39, 0.29) is 0 Å². The van der Waals surface area contributed by atoms with Crippen molar-refractivity contribution in [3.8, 4) is 11.5 Å². The van der Waals surface area contributed by atoms with Crippen LogP contribution in [0.1, 0.15) is 24.8 Å². The highest BCUT2D eigenvalue weighted by molar-refractivity contribution is 6.32. The maximum absolute atomic E-state index is 6.31. The summed E-state index contributed by atoms with van der Waals surface area (Å²) in [5, 5.41) is 4.11. The van der Waals surface area contributed by atoms with Crippen LogP contribution >= 0.6 is 11.6 Å². The Morgan fingerprint density at radius 3 is 3.00 bits per heavy atom. The molecule has 2 aliphatic rings. The largest absolute Gasteiger partial charge is 0.486 e. The minimum atomic E-state index is 0.570. The van der Waals surface area contributed by atoms with Gasteiger partial charge in [-0.15, -0.1) is 0 Å². The van der Waals surface area contributed by atoms with Crippen LogP contribution in [0, 0.1) is 0 Å². The maximum atomic E-state index is 6.31. The zero-order chi connectivity index (χ0) is 14.7. The van der Waals surface area contributed by atoms with E-state index in [4.69, 9.17) is 21.1 Å². The van der Waals surface area contributed by atoms with Gasteiger partial charge in [0.1, 0.15) is 13.2 Å². The topological polar surface area (TPSA) is 33.7 Å². The molecule has 21 heavy (non-hydrogen) atoms. The fourth-order valence-corrected chi connectivity index (χ4v) is 3.40. The van der Waals surface area contributed by atoms with Crippen LogP contribution in [0.25, 0.3) is 0 Å². The SMILES string of the molecule is CN(Cc1cc(Cl)c2c(c1)OCCO2)C1CCCNCC1. The van der Waals surface area contributed by atoms with Gasteiger partial charge < -0.3 is 14.8 Å². The normalized spacial score (nSPS) is 22.1. The van der Waals surface area contributed by atoms with Crippen LogP contribution in [0.3, 0.4) is 0 Å². The summed E-state index contributed by atoms with van der Waals surface area (Å²) >= 11 is 6.31. The Kier molecular flexibility index (Phi) is 4.88. The van der Waals surface area contributed by atoms with E-state index in [0.717, 1.165) is 25.4 Å². The van der Waals surface area contributed by atoms with Gasteiger partial charge >= 0.3 is 0 Å². The monoisotopic (exact) mass is 310 g/mol. The molecule has 3 rings (SSSR count). The Morgan fingerprint density at radius 2 is 2.10 bits per heavy atom. The van der Waals surface area contributed by atoms with Crippen molar-refractivity contribution in [2.24, 2.45) is 0 Å². The number of halogens is 1. The van der Waals surface area contributed by atoms with Crippen molar-refractivity contribution < 1.29 is 9.47 Å². The number of fused-ring (bicyclic) bond motifs is 1. The van der Waals surface area contributed by atoms with Crippen LogP contribution in [0.15, 0.2) is 12.1 Å². The van der Waals surface area contributed by atoms with E-state index in [0.29, 0.717) is 30.0 Å². The first kappa shape index (κ1) is 14.9. The average molecular weight is 311 g/mol. The fourth-order valence-electron chi connectivity index (χ4n) is 3.11. The molecule has 2 heterocycles. The molecular formula is C16H23ClN2O2. The molecule has 1 atom stereocenters. The number of rotatable bonds is 3. The third-order valence-electron chi connectivity index (χ3n) is 4.26. The first-order valence-corrected chi connectivity index (χ1v) is 8.11. The second-order valence-corrected chi connectivity index (χ2v) is 6.26. The molecule has 0 radical (unpaired) electrons. The Hall–Kier alpha value is -0.970. The molecule has 1 aromatic carbocycles. The molecule has 1 saturated heterocycles. The summed E-state index contributed by atoms with van der Waals surface area (Å²) in [6.07, 6.45) is 3.70. The molecule has 0 aliphatic carbocycles. The van der Waals surface area contributed by atoms with Crippen molar-refractivity contribution in [3.63, 3.8) is 0 Å². The number of nitrogens with one attached hydrogen (secondary N) is 1. The van der Waals surface area contributed by atoms with Crippen molar-refractivity contribution in [1.29, 1.82) is 0 Å². The molecule has 4 nitrogen and oxygen atoms in total. The summed E-state index contributed by atoms with van der Waals surface area (Å²) in [4.78, 5) is 2.43. The third kappa shape index (κ3) is 3.62. The third-order valence-corrected chi connectivity index (χ3v) is 4.54. The van der Waals surface area contributed by atoms with Crippen molar-refractivity contribution in [2.45, 2.75) is 31.8 Å². The van der Waals surface area contributed by atoms with E-state index in [2.05, 4.69) is 23.3 Å². The van der Waals surface area contributed by atoms with Gasteiger partial charge in [0, 0.05) is 12.6 Å². The van der Waals surface area contributed by atoms with Gasteiger partial charge in [-0.1, -0.05) is 11.6 Å². The van der Waals surface area contributed by atoms with E-state index in [9.17, 15) is 0 Å². The van der Waals surface area contributed by atoms with Crippen molar-refractivity contribution in [2.75, 3.05) is 33.4 Å². The van der Waals surface area contributed by atoms with Crippen molar-refractivity contribution in [1.82, 2.24) is 10.2 Å². The molecular weight excluding hydrogens is 288 g/mol. The summed E-state index contributed by atoms with van der Waals surface area (Å²) in [7, 11) is 2.20. The summed E-state index contributed by atoms with van der Waals surface area (Å²) in [6, 6.07) is 4.69. The lowest BCUT2D eigenvalue weighted by Gasteiger charge is -2.27. The second kappa shape index (κ2) is 6.86.